The highest BCUT2D eigenvalue weighted by Crippen LogP contribution is 2.34. The van der Waals surface area contributed by atoms with Gasteiger partial charge in [0.25, 0.3) is 0 Å². The van der Waals surface area contributed by atoms with Crippen molar-refractivity contribution in [3.8, 4) is 28.4 Å². The number of aryl methyl sites for hydroxylation is 1. The highest BCUT2D eigenvalue weighted by atomic mass is 16.5. The Bertz CT molecular complexity index is 1050. The number of hydrogen-bond acceptors (Lipinski definition) is 5. The van der Waals surface area contributed by atoms with Gasteiger partial charge in [-0.2, -0.15) is 0 Å². The first-order valence-electron chi connectivity index (χ1n) is 9.82. The Morgan fingerprint density at radius 2 is 1.86 bits per heavy atom. The minimum absolute atomic E-state index is 0.0591. The van der Waals surface area contributed by atoms with Crippen molar-refractivity contribution in [1.29, 1.82) is 0 Å². The van der Waals surface area contributed by atoms with E-state index in [1.807, 2.05) is 37.3 Å². The van der Waals surface area contributed by atoms with Crippen molar-refractivity contribution in [2.75, 3.05) is 19.8 Å². The summed E-state index contributed by atoms with van der Waals surface area (Å²) in [6, 6.07) is 9.29. The fraction of sp³-hybridized carbons (Fsp3) is 0.348. The average molecular weight is 380 g/mol. The molecule has 3 aromatic rings. The van der Waals surface area contributed by atoms with Gasteiger partial charge in [-0.1, -0.05) is 19.4 Å². The summed E-state index contributed by atoms with van der Waals surface area (Å²) >= 11 is 0. The van der Waals surface area contributed by atoms with Crippen molar-refractivity contribution in [1.82, 2.24) is 0 Å². The van der Waals surface area contributed by atoms with Crippen LogP contribution in [0.4, 0.5) is 0 Å². The Morgan fingerprint density at radius 3 is 2.64 bits per heavy atom. The van der Waals surface area contributed by atoms with Gasteiger partial charge in [0, 0.05) is 12.5 Å². The predicted octanol–water partition coefficient (Wildman–Crippen LogP) is 4.97. The van der Waals surface area contributed by atoms with E-state index in [2.05, 4.69) is 6.92 Å². The molecule has 0 spiro atoms. The summed E-state index contributed by atoms with van der Waals surface area (Å²) in [5, 5.41) is 0.566. The van der Waals surface area contributed by atoms with Crippen LogP contribution >= 0.6 is 0 Å². The van der Waals surface area contributed by atoms with E-state index in [0.29, 0.717) is 47.9 Å². The van der Waals surface area contributed by atoms with Gasteiger partial charge in [-0.05, 0) is 42.7 Å². The molecule has 5 nitrogen and oxygen atoms in total. The fourth-order valence-electron chi connectivity index (χ4n) is 3.49. The summed E-state index contributed by atoms with van der Waals surface area (Å²) in [5.41, 5.74) is 2.77. The van der Waals surface area contributed by atoms with Crippen LogP contribution in [0.3, 0.4) is 0 Å². The van der Waals surface area contributed by atoms with Gasteiger partial charge in [0.1, 0.15) is 17.6 Å². The van der Waals surface area contributed by atoms with Crippen molar-refractivity contribution < 1.29 is 18.6 Å². The topological polar surface area (TPSA) is 57.9 Å². The zero-order chi connectivity index (χ0) is 19.5. The van der Waals surface area contributed by atoms with E-state index in [1.165, 1.54) is 6.26 Å². The lowest BCUT2D eigenvalue weighted by Gasteiger charge is -2.12. The molecule has 4 rings (SSSR count). The van der Waals surface area contributed by atoms with E-state index < -0.39 is 0 Å². The summed E-state index contributed by atoms with van der Waals surface area (Å²) in [6.45, 7) is 5.86. The van der Waals surface area contributed by atoms with E-state index in [1.54, 1.807) is 0 Å². The van der Waals surface area contributed by atoms with Crippen LogP contribution in [0.2, 0.25) is 0 Å². The largest absolute Gasteiger partial charge is 0.493 e. The van der Waals surface area contributed by atoms with Crippen LogP contribution in [0.5, 0.6) is 17.2 Å². The lowest BCUT2D eigenvalue weighted by Crippen LogP contribution is -2.07. The van der Waals surface area contributed by atoms with Gasteiger partial charge in [0.05, 0.1) is 30.8 Å². The summed E-state index contributed by atoms with van der Waals surface area (Å²) in [4.78, 5) is 13.2. The highest BCUT2D eigenvalue weighted by Gasteiger charge is 2.16. The minimum Gasteiger partial charge on any atom is -0.493 e. The molecule has 0 unspecified atom stereocenters. The zero-order valence-electron chi connectivity index (χ0n) is 16.2. The summed E-state index contributed by atoms with van der Waals surface area (Å²) in [5.74, 6) is 2.15. The highest BCUT2D eigenvalue weighted by molar-refractivity contribution is 5.84. The van der Waals surface area contributed by atoms with Crippen molar-refractivity contribution in [2.45, 2.75) is 33.1 Å². The molecule has 1 aliphatic heterocycles. The third kappa shape index (κ3) is 3.44. The smallest absolute Gasteiger partial charge is 0.200 e. The quantitative estimate of drug-likeness (QED) is 0.625. The molecule has 0 saturated heterocycles. The monoisotopic (exact) mass is 380 g/mol. The lowest BCUT2D eigenvalue weighted by atomic mass is 10.0. The lowest BCUT2D eigenvalue weighted by molar-refractivity contribution is 0.297. The molecule has 2 heterocycles. The van der Waals surface area contributed by atoms with Crippen LogP contribution in [0, 0.1) is 0 Å². The third-order valence-electron chi connectivity index (χ3n) is 4.83. The Kier molecular flexibility index (Phi) is 5.24. The predicted molar refractivity (Wildman–Crippen MR) is 109 cm³/mol. The molecular formula is C23H24O5. The fourth-order valence-corrected chi connectivity index (χ4v) is 3.49. The molecule has 28 heavy (non-hydrogen) atoms. The normalized spacial score (nSPS) is 13.4. The van der Waals surface area contributed by atoms with Gasteiger partial charge in [-0.3, -0.25) is 4.79 Å². The van der Waals surface area contributed by atoms with E-state index in [9.17, 15) is 4.79 Å². The van der Waals surface area contributed by atoms with Crippen LogP contribution < -0.4 is 19.6 Å². The van der Waals surface area contributed by atoms with Crippen molar-refractivity contribution in [3.63, 3.8) is 0 Å². The Morgan fingerprint density at radius 1 is 1.04 bits per heavy atom. The zero-order valence-corrected chi connectivity index (χ0v) is 16.2. The number of hydrogen-bond donors (Lipinski definition) is 0. The minimum atomic E-state index is -0.0591. The van der Waals surface area contributed by atoms with Crippen molar-refractivity contribution in [2.24, 2.45) is 0 Å². The number of fused-ring (bicyclic) bond motifs is 2. The van der Waals surface area contributed by atoms with Gasteiger partial charge in [-0.25, -0.2) is 0 Å². The average Bonchev–Trinajstić information content (AvgIpc) is 2.94. The van der Waals surface area contributed by atoms with Crippen LogP contribution in [-0.4, -0.2) is 19.8 Å². The number of ether oxygens (including phenoxy) is 3. The third-order valence-corrected chi connectivity index (χ3v) is 4.83. The number of benzene rings is 2. The van der Waals surface area contributed by atoms with E-state index in [-0.39, 0.29) is 5.43 Å². The molecule has 1 aliphatic rings. The second kappa shape index (κ2) is 7.97. The first-order valence-corrected chi connectivity index (χ1v) is 9.82. The molecule has 0 radical (unpaired) electrons. The van der Waals surface area contributed by atoms with E-state index >= 15 is 0 Å². The van der Waals surface area contributed by atoms with Gasteiger partial charge in [-0.15, -0.1) is 0 Å². The molecule has 0 aliphatic carbocycles. The van der Waals surface area contributed by atoms with Gasteiger partial charge in [0.15, 0.2) is 11.5 Å². The molecule has 1 aromatic heterocycles. The maximum absolute atomic E-state index is 13.2. The molecule has 0 bridgehead atoms. The Labute approximate surface area is 163 Å². The Hall–Kier alpha value is -2.95. The van der Waals surface area contributed by atoms with E-state index in [4.69, 9.17) is 18.6 Å². The summed E-state index contributed by atoms with van der Waals surface area (Å²) < 4.78 is 23.0. The Balaban J connectivity index is 1.82. The molecule has 0 amide bonds. The van der Waals surface area contributed by atoms with Gasteiger partial charge >= 0.3 is 0 Å². The molecule has 0 fully saturated rings. The SMILES string of the molecule is CCCc1cc2c(=O)c(-c3ccc4c(c3)OCCCO4)coc2cc1OCC. The van der Waals surface area contributed by atoms with Crippen LogP contribution in [-0.2, 0) is 6.42 Å². The first kappa shape index (κ1) is 18.4. The van der Waals surface area contributed by atoms with Crippen LogP contribution in [0.1, 0.15) is 32.3 Å². The molecule has 146 valence electrons. The molecule has 0 saturated carbocycles. The maximum atomic E-state index is 13.2. The van der Waals surface area contributed by atoms with Crippen molar-refractivity contribution >= 4 is 11.0 Å². The van der Waals surface area contributed by atoms with Gasteiger partial charge < -0.3 is 18.6 Å². The van der Waals surface area contributed by atoms with Crippen LogP contribution in [0.25, 0.3) is 22.1 Å². The summed E-state index contributed by atoms with van der Waals surface area (Å²) in [6.07, 6.45) is 4.17. The summed E-state index contributed by atoms with van der Waals surface area (Å²) in [7, 11) is 0. The van der Waals surface area contributed by atoms with Gasteiger partial charge in [0.2, 0.25) is 5.43 Å². The second-order valence-corrected chi connectivity index (χ2v) is 6.83. The second-order valence-electron chi connectivity index (χ2n) is 6.83. The van der Waals surface area contributed by atoms with E-state index in [0.717, 1.165) is 36.1 Å². The first-order chi connectivity index (χ1) is 13.7. The van der Waals surface area contributed by atoms with Crippen LogP contribution in [0.15, 0.2) is 45.8 Å². The number of rotatable bonds is 5. The van der Waals surface area contributed by atoms with Crippen molar-refractivity contribution in [3.05, 3.63) is 52.4 Å². The molecule has 2 aromatic carbocycles. The molecule has 0 N–H and O–H groups in total. The standard InChI is InChI=1S/C23H24O5/c1-3-6-16-11-17-21(13-20(16)25-4-2)28-14-18(23(17)24)15-7-8-19-22(12-15)27-10-5-9-26-19/h7-8,11-14H,3-6,9-10H2,1-2H3. The molecular weight excluding hydrogens is 356 g/mol. The molecule has 5 heteroatoms. The maximum Gasteiger partial charge on any atom is 0.200 e. The molecule has 0 atom stereocenters.